The predicted molar refractivity (Wildman–Crippen MR) is 62.8 cm³/mol. The number of rotatable bonds is 2. The van der Waals surface area contributed by atoms with Crippen LogP contribution in [0.4, 0.5) is 10.2 Å². The highest BCUT2D eigenvalue weighted by Gasteiger charge is 2.18. The molecule has 1 heterocycles. The Morgan fingerprint density at radius 1 is 1.41 bits per heavy atom. The summed E-state index contributed by atoms with van der Waals surface area (Å²) in [5, 5.41) is 14.2. The van der Waals surface area contributed by atoms with Crippen molar-refractivity contribution in [2.75, 3.05) is 5.73 Å². The lowest BCUT2D eigenvalue weighted by molar-refractivity contribution is 0.220. The monoisotopic (exact) mass is 235 g/mol. The van der Waals surface area contributed by atoms with E-state index in [0.717, 1.165) is 0 Å². The second-order valence-electron chi connectivity index (χ2n) is 4.01. The molecule has 90 valence electrons. The third-order valence-corrected chi connectivity index (χ3v) is 2.84. The Morgan fingerprint density at radius 2 is 2.12 bits per heavy atom. The van der Waals surface area contributed by atoms with Crippen molar-refractivity contribution in [3.05, 3.63) is 46.9 Å². The standard InChI is InChI=1S/C12H14FN3O/c1-7-5-8(13)3-4-9(7)11(17)10-6-15-16(2)12(10)14/h3-6,11,17H,14H2,1-2H3. The summed E-state index contributed by atoms with van der Waals surface area (Å²) >= 11 is 0. The average molecular weight is 235 g/mol. The number of hydrogen-bond donors (Lipinski definition) is 2. The highest BCUT2D eigenvalue weighted by molar-refractivity contribution is 5.45. The summed E-state index contributed by atoms with van der Waals surface area (Å²) in [6.07, 6.45) is 0.632. The molecular formula is C12H14FN3O. The second kappa shape index (κ2) is 4.18. The van der Waals surface area contributed by atoms with Crippen LogP contribution in [0.2, 0.25) is 0 Å². The molecule has 5 heteroatoms. The number of nitrogen functional groups attached to an aromatic ring is 1. The van der Waals surface area contributed by atoms with E-state index in [1.807, 2.05) is 0 Å². The number of aliphatic hydroxyl groups excluding tert-OH is 1. The van der Waals surface area contributed by atoms with E-state index in [-0.39, 0.29) is 5.82 Å². The van der Waals surface area contributed by atoms with E-state index in [0.29, 0.717) is 22.5 Å². The molecule has 2 aromatic rings. The van der Waals surface area contributed by atoms with Crippen molar-refractivity contribution in [3.63, 3.8) is 0 Å². The molecule has 0 amide bonds. The number of aryl methyl sites for hydroxylation is 2. The van der Waals surface area contributed by atoms with Crippen LogP contribution >= 0.6 is 0 Å². The molecule has 0 fully saturated rings. The molecule has 3 N–H and O–H groups in total. The molecule has 4 nitrogen and oxygen atoms in total. The maximum absolute atomic E-state index is 13.0. The Balaban J connectivity index is 2.43. The van der Waals surface area contributed by atoms with Crippen molar-refractivity contribution in [2.45, 2.75) is 13.0 Å². The summed E-state index contributed by atoms with van der Waals surface area (Å²) in [4.78, 5) is 0. The van der Waals surface area contributed by atoms with Crippen LogP contribution in [-0.4, -0.2) is 14.9 Å². The number of anilines is 1. The molecule has 2 rings (SSSR count). The van der Waals surface area contributed by atoms with E-state index in [2.05, 4.69) is 5.10 Å². The van der Waals surface area contributed by atoms with Crippen molar-refractivity contribution in [1.82, 2.24) is 9.78 Å². The lowest BCUT2D eigenvalue weighted by Gasteiger charge is -2.13. The number of halogens is 1. The molecule has 1 aromatic heterocycles. The average Bonchev–Trinajstić information content (AvgIpc) is 2.59. The van der Waals surface area contributed by atoms with E-state index in [1.165, 1.54) is 23.0 Å². The van der Waals surface area contributed by atoms with E-state index >= 15 is 0 Å². The molecule has 0 spiro atoms. The maximum Gasteiger partial charge on any atom is 0.127 e. The Morgan fingerprint density at radius 3 is 2.65 bits per heavy atom. The highest BCUT2D eigenvalue weighted by Crippen LogP contribution is 2.28. The summed E-state index contributed by atoms with van der Waals surface area (Å²) in [6, 6.07) is 4.25. The predicted octanol–water partition coefficient (Wildman–Crippen LogP) is 1.53. The molecule has 17 heavy (non-hydrogen) atoms. The highest BCUT2D eigenvalue weighted by atomic mass is 19.1. The summed E-state index contributed by atoms with van der Waals surface area (Å²) in [6.45, 7) is 1.74. The first-order chi connectivity index (χ1) is 8.00. The molecule has 0 bridgehead atoms. The van der Waals surface area contributed by atoms with Crippen LogP contribution < -0.4 is 5.73 Å². The van der Waals surface area contributed by atoms with Gasteiger partial charge in [0.05, 0.1) is 6.20 Å². The number of aliphatic hydroxyl groups is 1. The molecule has 0 saturated carbocycles. The summed E-state index contributed by atoms with van der Waals surface area (Å²) < 4.78 is 14.5. The van der Waals surface area contributed by atoms with Gasteiger partial charge in [0.2, 0.25) is 0 Å². The van der Waals surface area contributed by atoms with Crippen LogP contribution in [0.1, 0.15) is 22.8 Å². The van der Waals surface area contributed by atoms with Crippen LogP contribution in [-0.2, 0) is 7.05 Å². The molecule has 0 aliphatic heterocycles. The van der Waals surface area contributed by atoms with E-state index < -0.39 is 6.10 Å². The molecule has 1 aromatic carbocycles. The van der Waals surface area contributed by atoms with Gasteiger partial charge in [-0.1, -0.05) is 6.07 Å². The van der Waals surface area contributed by atoms with Gasteiger partial charge in [-0.25, -0.2) is 4.39 Å². The van der Waals surface area contributed by atoms with Gasteiger partial charge in [0.1, 0.15) is 17.7 Å². The Hall–Kier alpha value is -1.88. The van der Waals surface area contributed by atoms with Crippen LogP contribution in [0.25, 0.3) is 0 Å². The topological polar surface area (TPSA) is 64.1 Å². The number of hydrogen-bond acceptors (Lipinski definition) is 3. The van der Waals surface area contributed by atoms with E-state index in [1.54, 1.807) is 20.0 Å². The van der Waals surface area contributed by atoms with E-state index in [4.69, 9.17) is 5.73 Å². The minimum atomic E-state index is -0.885. The zero-order chi connectivity index (χ0) is 12.6. The Labute approximate surface area is 98.5 Å². The van der Waals surface area contributed by atoms with Gasteiger partial charge in [-0.15, -0.1) is 0 Å². The van der Waals surface area contributed by atoms with Crippen LogP contribution in [0.15, 0.2) is 24.4 Å². The summed E-state index contributed by atoms with van der Waals surface area (Å²) in [7, 11) is 1.70. The third-order valence-electron chi connectivity index (χ3n) is 2.84. The van der Waals surface area contributed by atoms with Crippen LogP contribution in [0.3, 0.4) is 0 Å². The Kier molecular flexibility index (Phi) is 2.85. The van der Waals surface area contributed by atoms with Crippen LogP contribution in [0.5, 0.6) is 0 Å². The van der Waals surface area contributed by atoms with Gasteiger partial charge < -0.3 is 10.8 Å². The quantitative estimate of drug-likeness (QED) is 0.829. The lowest BCUT2D eigenvalue weighted by atomic mass is 9.99. The number of nitrogens with zero attached hydrogens (tertiary/aromatic N) is 2. The van der Waals surface area contributed by atoms with Crippen molar-refractivity contribution >= 4 is 5.82 Å². The fraction of sp³-hybridized carbons (Fsp3) is 0.250. The first kappa shape index (κ1) is 11.6. The number of benzene rings is 1. The molecule has 0 aliphatic rings. The lowest BCUT2D eigenvalue weighted by Crippen LogP contribution is -2.06. The largest absolute Gasteiger partial charge is 0.384 e. The first-order valence-corrected chi connectivity index (χ1v) is 5.22. The molecule has 0 aliphatic carbocycles. The van der Waals surface area contributed by atoms with Gasteiger partial charge in [0.25, 0.3) is 0 Å². The maximum atomic E-state index is 13.0. The third kappa shape index (κ3) is 2.01. The Bertz CT molecular complexity index is 551. The fourth-order valence-corrected chi connectivity index (χ4v) is 1.79. The molecule has 0 saturated heterocycles. The fourth-order valence-electron chi connectivity index (χ4n) is 1.79. The molecule has 0 radical (unpaired) electrons. The minimum Gasteiger partial charge on any atom is -0.384 e. The van der Waals surface area contributed by atoms with Gasteiger partial charge in [0.15, 0.2) is 0 Å². The number of aromatic nitrogens is 2. The van der Waals surface area contributed by atoms with Crippen molar-refractivity contribution < 1.29 is 9.50 Å². The molecule has 1 atom stereocenters. The van der Waals surface area contributed by atoms with Gasteiger partial charge in [0, 0.05) is 12.6 Å². The van der Waals surface area contributed by atoms with Crippen LogP contribution in [0, 0.1) is 12.7 Å². The SMILES string of the molecule is Cc1cc(F)ccc1C(O)c1cnn(C)c1N. The first-order valence-electron chi connectivity index (χ1n) is 5.22. The summed E-state index contributed by atoms with van der Waals surface area (Å²) in [5.41, 5.74) is 7.63. The van der Waals surface area contributed by atoms with Crippen molar-refractivity contribution in [1.29, 1.82) is 0 Å². The van der Waals surface area contributed by atoms with Gasteiger partial charge in [-0.2, -0.15) is 5.10 Å². The van der Waals surface area contributed by atoms with Gasteiger partial charge in [-0.05, 0) is 30.2 Å². The smallest absolute Gasteiger partial charge is 0.127 e. The molecular weight excluding hydrogens is 221 g/mol. The van der Waals surface area contributed by atoms with Crippen molar-refractivity contribution in [2.24, 2.45) is 7.05 Å². The molecule has 1 unspecified atom stereocenters. The van der Waals surface area contributed by atoms with E-state index in [9.17, 15) is 9.50 Å². The van der Waals surface area contributed by atoms with Gasteiger partial charge in [-0.3, -0.25) is 4.68 Å². The second-order valence-corrected chi connectivity index (χ2v) is 4.01. The number of nitrogens with two attached hydrogens (primary N) is 1. The summed E-state index contributed by atoms with van der Waals surface area (Å²) in [5.74, 6) is 0.0823. The zero-order valence-corrected chi connectivity index (χ0v) is 9.68. The van der Waals surface area contributed by atoms with Crippen molar-refractivity contribution in [3.8, 4) is 0 Å². The normalized spacial score (nSPS) is 12.7. The van der Waals surface area contributed by atoms with Gasteiger partial charge >= 0.3 is 0 Å². The zero-order valence-electron chi connectivity index (χ0n) is 9.68. The minimum absolute atomic E-state index is 0.322.